The summed E-state index contributed by atoms with van der Waals surface area (Å²) in [5.74, 6) is 1.28. The highest BCUT2D eigenvalue weighted by atomic mass is 16.6. The fraction of sp³-hybridized carbons (Fsp3) is 0.409. The van der Waals surface area contributed by atoms with Crippen LogP contribution in [-0.4, -0.2) is 43.3 Å². The second-order valence-electron chi connectivity index (χ2n) is 7.60. The Morgan fingerprint density at radius 3 is 2.47 bits per heavy atom. The van der Waals surface area contributed by atoms with Crippen molar-refractivity contribution >= 4 is 17.7 Å². The van der Waals surface area contributed by atoms with Crippen LogP contribution in [0.5, 0.6) is 5.88 Å². The first kappa shape index (κ1) is 23.0. The molecule has 0 saturated carbocycles. The quantitative estimate of drug-likeness (QED) is 0.476. The maximum Gasteiger partial charge on any atom is 0.412 e. The Hall–Kier alpha value is -3.29. The van der Waals surface area contributed by atoms with Crippen molar-refractivity contribution in [3.8, 4) is 5.88 Å². The van der Waals surface area contributed by atoms with Gasteiger partial charge in [0.25, 0.3) is 0 Å². The lowest BCUT2D eigenvalue weighted by molar-refractivity contribution is 0.0636. The summed E-state index contributed by atoms with van der Waals surface area (Å²) in [6.07, 6.45) is 0.350. The molecule has 0 radical (unpaired) electrons. The molecule has 1 heterocycles. The lowest BCUT2D eigenvalue weighted by Gasteiger charge is -2.19. The zero-order valence-corrected chi connectivity index (χ0v) is 18.3. The van der Waals surface area contributed by atoms with Crippen LogP contribution in [-0.2, 0) is 17.7 Å². The summed E-state index contributed by atoms with van der Waals surface area (Å²) in [7, 11) is 3.33. The molecule has 0 bridgehead atoms. The molecule has 0 fully saturated rings. The van der Waals surface area contributed by atoms with Crippen LogP contribution in [0, 0.1) is 0 Å². The first-order chi connectivity index (χ1) is 14.3. The highest BCUT2D eigenvalue weighted by Gasteiger charge is 2.16. The highest BCUT2D eigenvalue weighted by Crippen LogP contribution is 2.13. The molecule has 2 aromatic rings. The van der Waals surface area contributed by atoms with Gasteiger partial charge in [0, 0.05) is 25.3 Å². The lowest BCUT2D eigenvalue weighted by Crippen LogP contribution is -2.38. The van der Waals surface area contributed by atoms with Crippen LogP contribution in [0.1, 0.15) is 32.0 Å². The lowest BCUT2D eigenvalue weighted by atomic mass is 10.1. The third-order valence-corrected chi connectivity index (χ3v) is 3.96. The smallest absolute Gasteiger partial charge is 0.412 e. The Morgan fingerprint density at radius 1 is 1.10 bits per heavy atom. The Morgan fingerprint density at radius 2 is 1.83 bits per heavy atom. The number of nitrogens with zero attached hydrogens (tertiary/aromatic N) is 2. The van der Waals surface area contributed by atoms with Gasteiger partial charge in [-0.1, -0.05) is 18.2 Å². The molecule has 1 aromatic heterocycles. The van der Waals surface area contributed by atoms with Crippen molar-refractivity contribution in [1.82, 2.24) is 15.6 Å². The van der Waals surface area contributed by atoms with Gasteiger partial charge >= 0.3 is 6.09 Å². The molecule has 0 spiro atoms. The van der Waals surface area contributed by atoms with Crippen LogP contribution in [0.2, 0.25) is 0 Å². The largest absolute Gasteiger partial charge is 0.481 e. The predicted octanol–water partition coefficient (Wildman–Crippen LogP) is 3.34. The van der Waals surface area contributed by atoms with Crippen molar-refractivity contribution < 1.29 is 14.3 Å². The Balaban J connectivity index is 1.76. The summed E-state index contributed by atoms with van der Waals surface area (Å²) in [5.41, 5.74) is 2.18. The number of anilines is 1. The number of rotatable bonds is 7. The Bertz CT molecular complexity index is 845. The van der Waals surface area contributed by atoms with E-state index in [0.29, 0.717) is 30.6 Å². The van der Waals surface area contributed by atoms with Crippen LogP contribution < -0.4 is 20.7 Å². The standard InChI is InChI=1S/C22H31N5O3/c1-22(2,3)30-21(28)27-17-11-9-16(10-12-17)13-14-24-20(23-4)25-15-18-7-6-8-19(26-18)29-5/h6-12H,13-15H2,1-5H3,(H,27,28)(H2,23,24,25). The number of carbonyl (C=O) groups is 1. The molecule has 162 valence electrons. The van der Waals surface area contributed by atoms with E-state index >= 15 is 0 Å². The van der Waals surface area contributed by atoms with Crippen molar-refractivity contribution in [1.29, 1.82) is 0 Å². The van der Waals surface area contributed by atoms with Crippen molar-refractivity contribution in [3.05, 3.63) is 53.7 Å². The minimum atomic E-state index is -0.523. The number of guanidine groups is 1. The number of carbonyl (C=O) groups excluding carboxylic acids is 1. The number of nitrogens with one attached hydrogen (secondary N) is 3. The van der Waals surface area contributed by atoms with E-state index in [1.807, 2.05) is 63.2 Å². The highest BCUT2D eigenvalue weighted by molar-refractivity contribution is 5.84. The number of pyridine rings is 1. The number of hydrogen-bond acceptors (Lipinski definition) is 5. The molecule has 8 heteroatoms. The van der Waals surface area contributed by atoms with Gasteiger partial charge in [0.05, 0.1) is 19.3 Å². The van der Waals surface area contributed by atoms with E-state index in [9.17, 15) is 4.79 Å². The van der Waals surface area contributed by atoms with E-state index in [0.717, 1.165) is 17.7 Å². The van der Waals surface area contributed by atoms with Crippen molar-refractivity contribution in [3.63, 3.8) is 0 Å². The molecule has 2 rings (SSSR count). The van der Waals surface area contributed by atoms with Gasteiger partial charge in [-0.3, -0.25) is 10.3 Å². The number of aliphatic imine (C=N–C) groups is 1. The Kier molecular flexibility index (Phi) is 8.46. The number of aromatic nitrogens is 1. The van der Waals surface area contributed by atoms with Gasteiger partial charge < -0.3 is 20.1 Å². The first-order valence-corrected chi connectivity index (χ1v) is 9.82. The second-order valence-corrected chi connectivity index (χ2v) is 7.60. The van der Waals surface area contributed by atoms with Gasteiger partial charge in [0.15, 0.2) is 5.96 Å². The second kappa shape index (κ2) is 11.0. The molecule has 0 aliphatic carbocycles. The summed E-state index contributed by atoms with van der Waals surface area (Å²) in [5, 5.41) is 9.24. The van der Waals surface area contributed by atoms with Crippen molar-refractivity contribution in [2.75, 3.05) is 26.0 Å². The van der Waals surface area contributed by atoms with Crippen LogP contribution in [0.4, 0.5) is 10.5 Å². The van der Waals surface area contributed by atoms with E-state index in [2.05, 4.69) is 25.9 Å². The normalized spacial score (nSPS) is 11.6. The number of benzene rings is 1. The number of amides is 1. The molecule has 1 aromatic carbocycles. The van der Waals surface area contributed by atoms with Gasteiger partial charge in [0.1, 0.15) is 5.60 Å². The SMILES string of the molecule is CN=C(NCCc1ccc(NC(=O)OC(C)(C)C)cc1)NCc1cccc(OC)n1. The number of hydrogen-bond donors (Lipinski definition) is 3. The number of ether oxygens (including phenoxy) is 2. The van der Waals surface area contributed by atoms with E-state index in [1.165, 1.54) is 0 Å². The monoisotopic (exact) mass is 413 g/mol. The fourth-order valence-electron chi connectivity index (χ4n) is 2.57. The first-order valence-electron chi connectivity index (χ1n) is 9.82. The molecule has 3 N–H and O–H groups in total. The van der Waals surface area contributed by atoms with E-state index in [1.54, 1.807) is 14.2 Å². The molecular formula is C22H31N5O3. The zero-order valence-electron chi connectivity index (χ0n) is 18.3. The average molecular weight is 414 g/mol. The predicted molar refractivity (Wildman–Crippen MR) is 119 cm³/mol. The third kappa shape index (κ3) is 8.38. The summed E-state index contributed by atoms with van der Waals surface area (Å²) in [6, 6.07) is 13.3. The van der Waals surface area contributed by atoms with Gasteiger partial charge in [-0.05, 0) is 51.0 Å². The van der Waals surface area contributed by atoms with Crippen molar-refractivity contribution in [2.45, 2.75) is 39.3 Å². The van der Waals surface area contributed by atoms with E-state index in [4.69, 9.17) is 9.47 Å². The van der Waals surface area contributed by atoms with E-state index in [-0.39, 0.29) is 0 Å². The van der Waals surface area contributed by atoms with Gasteiger partial charge in [-0.2, -0.15) is 0 Å². The maximum atomic E-state index is 11.8. The van der Waals surface area contributed by atoms with Gasteiger partial charge in [0.2, 0.25) is 5.88 Å². The van der Waals surface area contributed by atoms with Crippen LogP contribution in [0.15, 0.2) is 47.5 Å². The van der Waals surface area contributed by atoms with Crippen LogP contribution in [0.25, 0.3) is 0 Å². The topological polar surface area (TPSA) is 96.9 Å². The average Bonchev–Trinajstić information content (AvgIpc) is 2.70. The van der Waals surface area contributed by atoms with Gasteiger partial charge in [-0.25, -0.2) is 9.78 Å². The fourth-order valence-corrected chi connectivity index (χ4v) is 2.57. The molecule has 0 saturated heterocycles. The molecule has 0 unspecified atom stereocenters. The Labute approximate surface area is 178 Å². The minimum absolute atomic E-state index is 0.461. The summed E-state index contributed by atoms with van der Waals surface area (Å²) in [4.78, 5) is 20.4. The molecule has 8 nitrogen and oxygen atoms in total. The molecule has 0 aliphatic heterocycles. The molecule has 1 amide bonds. The molecule has 30 heavy (non-hydrogen) atoms. The molecule has 0 aliphatic rings. The molecular weight excluding hydrogens is 382 g/mol. The van der Waals surface area contributed by atoms with Gasteiger partial charge in [-0.15, -0.1) is 0 Å². The van der Waals surface area contributed by atoms with E-state index < -0.39 is 11.7 Å². The van der Waals surface area contributed by atoms with Crippen molar-refractivity contribution in [2.24, 2.45) is 4.99 Å². The summed E-state index contributed by atoms with van der Waals surface area (Å²) in [6.45, 7) is 6.75. The summed E-state index contributed by atoms with van der Waals surface area (Å²) < 4.78 is 10.4. The third-order valence-electron chi connectivity index (χ3n) is 3.96. The minimum Gasteiger partial charge on any atom is -0.481 e. The summed E-state index contributed by atoms with van der Waals surface area (Å²) >= 11 is 0. The van der Waals surface area contributed by atoms with Crippen LogP contribution in [0.3, 0.4) is 0 Å². The zero-order chi connectivity index (χ0) is 22.0. The maximum absolute atomic E-state index is 11.8. The number of methoxy groups -OCH3 is 1. The van der Waals surface area contributed by atoms with Crippen LogP contribution >= 0.6 is 0 Å². The molecule has 0 atom stereocenters.